The Hall–Kier alpha value is -2.98. The van der Waals surface area contributed by atoms with Gasteiger partial charge in [0.1, 0.15) is 10.7 Å². The first kappa shape index (κ1) is 20.3. The molecule has 4 rings (SSSR count). The minimum Gasteiger partial charge on any atom is -0.360 e. The zero-order valence-electron chi connectivity index (χ0n) is 15.0. The van der Waals surface area contributed by atoms with Gasteiger partial charge in [-0.05, 0) is 35.9 Å². The highest BCUT2D eigenvalue weighted by molar-refractivity contribution is 9.10. The predicted molar refractivity (Wildman–Crippen MR) is 114 cm³/mol. The molecule has 0 saturated heterocycles. The summed E-state index contributed by atoms with van der Waals surface area (Å²) in [5, 5.41) is 7.06. The maximum Gasteiger partial charge on any atom is 0.416 e. The van der Waals surface area contributed by atoms with Crippen molar-refractivity contribution < 1.29 is 18.0 Å². The second-order valence-electron chi connectivity index (χ2n) is 6.25. The quantitative estimate of drug-likeness (QED) is 0.277. The first-order valence-corrected chi connectivity index (χ1v) is 10.2. The van der Waals surface area contributed by atoms with Gasteiger partial charge in [-0.1, -0.05) is 28.1 Å². The van der Waals surface area contributed by atoms with Crippen LogP contribution in [0.3, 0.4) is 0 Å². The maximum atomic E-state index is 12.6. The van der Waals surface area contributed by atoms with Gasteiger partial charge in [0.25, 0.3) is 5.91 Å². The fourth-order valence-corrected chi connectivity index (χ4v) is 3.94. The van der Waals surface area contributed by atoms with Crippen LogP contribution in [0.15, 0.2) is 63.6 Å². The molecule has 0 fully saturated rings. The lowest BCUT2D eigenvalue weighted by molar-refractivity contribution is -0.137. The molecule has 0 bridgehead atoms. The minimum absolute atomic E-state index is 0.198. The van der Waals surface area contributed by atoms with Crippen LogP contribution in [0.25, 0.3) is 21.5 Å². The Morgan fingerprint density at radius 1 is 1.20 bits per heavy atom. The number of hydrogen-bond acceptors (Lipinski definition) is 4. The summed E-state index contributed by atoms with van der Waals surface area (Å²) in [6, 6.07) is 10.3. The van der Waals surface area contributed by atoms with Crippen molar-refractivity contribution in [1.82, 2.24) is 15.4 Å². The van der Waals surface area contributed by atoms with Gasteiger partial charge in [-0.25, -0.2) is 10.4 Å². The van der Waals surface area contributed by atoms with Crippen molar-refractivity contribution in [2.75, 3.05) is 0 Å². The molecule has 2 aromatic carbocycles. The molecule has 4 aromatic rings. The molecule has 0 saturated carbocycles. The first-order chi connectivity index (χ1) is 14.3. The third kappa shape index (κ3) is 4.29. The van der Waals surface area contributed by atoms with Crippen molar-refractivity contribution in [2.24, 2.45) is 5.10 Å². The topological polar surface area (TPSA) is 70.1 Å². The number of fused-ring (bicyclic) bond motifs is 1. The van der Waals surface area contributed by atoms with Gasteiger partial charge in [0.2, 0.25) is 0 Å². The van der Waals surface area contributed by atoms with Crippen LogP contribution in [0, 0.1) is 0 Å². The number of halogens is 4. The van der Waals surface area contributed by atoms with Crippen LogP contribution in [0.5, 0.6) is 0 Å². The minimum atomic E-state index is -4.40. The van der Waals surface area contributed by atoms with E-state index in [1.54, 1.807) is 5.38 Å². The summed E-state index contributed by atoms with van der Waals surface area (Å²) < 4.78 is 38.7. The van der Waals surface area contributed by atoms with Crippen molar-refractivity contribution in [2.45, 2.75) is 6.18 Å². The van der Waals surface area contributed by atoms with Gasteiger partial charge in [-0.2, -0.15) is 18.3 Å². The molecule has 152 valence electrons. The van der Waals surface area contributed by atoms with E-state index in [1.165, 1.54) is 29.7 Å². The van der Waals surface area contributed by atoms with E-state index in [2.05, 4.69) is 36.4 Å². The van der Waals surface area contributed by atoms with E-state index in [0.717, 1.165) is 33.1 Å². The Kier molecular flexibility index (Phi) is 5.44. The van der Waals surface area contributed by atoms with Crippen LogP contribution in [0.4, 0.5) is 13.2 Å². The maximum absolute atomic E-state index is 12.6. The van der Waals surface area contributed by atoms with E-state index in [0.29, 0.717) is 10.6 Å². The van der Waals surface area contributed by atoms with E-state index < -0.39 is 17.6 Å². The number of aromatic amines is 1. The van der Waals surface area contributed by atoms with Crippen LogP contribution in [0.2, 0.25) is 0 Å². The number of carbonyl (C=O) groups excluding carboxylic acids is 1. The summed E-state index contributed by atoms with van der Waals surface area (Å²) in [6.45, 7) is 0. The van der Waals surface area contributed by atoms with Crippen LogP contribution in [-0.2, 0) is 6.18 Å². The third-order valence-corrected chi connectivity index (χ3v) is 5.60. The highest BCUT2D eigenvalue weighted by atomic mass is 79.9. The lowest BCUT2D eigenvalue weighted by Gasteiger charge is -2.05. The lowest BCUT2D eigenvalue weighted by atomic mass is 10.1. The molecule has 0 unspecified atom stereocenters. The number of carbonyl (C=O) groups is 1. The molecule has 1 amide bonds. The number of rotatable bonds is 4. The molecule has 0 aliphatic carbocycles. The zero-order valence-corrected chi connectivity index (χ0v) is 17.4. The average Bonchev–Trinajstić information content (AvgIpc) is 3.34. The van der Waals surface area contributed by atoms with Crippen molar-refractivity contribution >= 4 is 50.3 Å². The number of hydrogen-bond donors (Lipinski definition) is 2. The number of H-pyrrole nitrogens is 1. The molecule has 2 N–H and O–H groups in total. The van der Waals surface area contributed by atoms with Crippen molar-refractivity contribution in [3.05, 3.63) is 75.3 Å². The number of thiazole rings is 1. The van der Waals surface area contributed by atoms with E-state index in [-0.39, 0.29) is 5.69 Å². The molecule has 0 aliphatic rings. The van der Waals surface area contributed by atoms with Gasteiger partial charge in [0.15, 0.2) is 0 Å². The standard InChI is InChI=1S/C20H12BrF3N4OS/c21-13-5-6-16-14(7-13)15(9-25-16)19-27-17(10-30-19)18(29)28-26-8-11-1-3-12(4-2-11)20(22,23)24/h1-10,25H,(H,28,29)/b26-8+. The van der Waals surface area contributed by atoms with Crippen LogP contribution < -0.4 is 5.43 Å². The van der Waals surface area contributed by atoms with Crippen LogP contribution >= 0.6 is 27.3 Å². The molecule has 5 nitrogen and oxygen atoms in total. The first-order valence-electron chi connectivity index (χ1n) is 8.54. The molecular weight excluding hydrogens is 481 g/mol. The average molecular weight is 493 g/mol. The molecule has 2 aromatic heterocycles. The SMILES string of the molecule is O=C(N/N=C/c1ccc(C(F)(F)F)cc1)c1csc(-c2c[nH]c3ccc(Br)cc23)n1. The molecule has 0 spiro atoms. The number of nitrogens with zero attached hydrogens (tertiary/aromatic N) is 2. The van der Waals surface area contributed by atoms with Gasteiger partial charge in [0.05, 0.1) is 11.8 Å². The Morgan fingerprint density at radius 3 is 2.70 bits per heavy atom. The molecule has 10 heteroatoms. The van der Waals surface area contributed by atoms with E-state index in [1.807, 2.05) is 24.4 Å². The molecule has 2 heterocycles. The smallest absolute Gasteiger partial charge is 0.360 e. The zero-order chi connectivity index (χ0) is 21.3. The Bertz CT molecular complexity index is 1250. The van der Waals surface area contributed by atoms with Gasteiger partial charge < -0.3 is 4.98 Å². The normalized spacial score (nSPS) is 12.0. The summed E-state index contributed by atoms with van der Waals surface area (Å²) in [4.78, 5) is 19.8. The second-order valence-corrected chi connectivity index (χ2v) is 8.02. The summed E-state index contributed by atoms with van der Waals surface area (Å²) >= 11 is 4.77. The molecular formula is C20H12BrF3N4OS. The highest BCUT2D eigenvalue weighted by Crippen LogP contribution is 2.32. The fraction of sp³-hybridized carbons (Fsp3) is 0.0500. The summed E-state index contributed by atoms with van der Waals surface area (Å²) in [5.74, 6) is -0.512. The van der Waals surface area contributed by atoms with Gasteiger partial charge in [-0.15, -0.1) is 11.3 Å². The second kappa shape index (κ2) is 8.04. The van der Waals surface area contributed by atoms with E-state index in [4.69, 9.17) is 0 Å². The molecule has 0 atom stereocenters. The molecule has 30 heavy (non-hydrogen) atoms. The van der Waals surface area contributed by atoms with E-state index >= 15 is 0 Å². The van der Waals surface area contributed by atoms with Gasteiger partial charge in [0, 0.05) is 32.5 Å². The number of aromatic nitrogens is 2. The number of amides is 1. The lowest BCUT2D eigenvalue weighted by Crippen LogP contribution is -2.17. The molecule has 0 aliphatic heterocycles. The summed E-state index contributed by atoms with van der Waals surface area (Å²) in [6.07, 6.45) is -1.30. The number of alkyl halides is 3. The van der Waals surface area contributed by atoms with Crippen LogP contribution in [-0.4, -0.2) is 22.1 Å². The number of hydrazone groups is 1. The summed E-state index contributed by atoms with van der Waals surface area (Å²) in [5.41, 5.74) is 4.04. The predicted octanol–water partition coefficient (Wildman–Crippen LogP) is 5.84. The fourth-order valence-electron chi connectivity index (χ4n) is 2.75. The Labute approximate surface area is 180 Å². The Balaban J connectivity index is 1.45. The van der Waals surface area contributed by atoms with Gasteiger partial charge >= 0.3 is 6.18 Å². The summed E-state index contributed by atoms with van der Waals surface area (Å²) in [7, 11) is 0. The van der Waals surface area contributed by atoms with Crippen LogP contribution in [0.1, 0.15) is 21.6 Å². The van der Waals surface area contributed by atoms with Gasteiger partial charge in [-0.3, -0.25) is 4.79 Å². The Morgan fingerprint density at radius 2 is 1.97 bits per heavy atom. The molecule has 0 radical (unpaired) electrons. The van der Waals surface area contributed by atoms with E-state index in [9.17, 15) is 18.0 Å². The van der Waals surface area contributed by atoms with Crippen molar-refractivity contribution in [3.8, 4) is 10.6 Å². The highest BCUT2D eigenvalue weighted by Gasteiger charge is 2.29. The van der Waals surface area contributed by atoms with Crippen molar-refractivity contribution in [1.29, 1.82) is 0 Å². The number of nitrogens with one attached hydrogen (secondary N) is 2. The monoisotopic (exact) mass is 492 g/mol. The number of benzene rings is 2. The largest absolute Gasteiger partial charge is 0.416 e. The van der Waals surface area contributed by atoms with Crippen molar-refractivity contribution in [3.63, 3.8) is 0 Å². The third-order valence-electron chi connectivity index (χ3n) is 4.23.